The van der Waals surface area contributed by atoms with Gasteiger partial charge in [0.25, 0.3) is 5.91 Å². The monoisotopic (exact) mass is 275 g/mol. The van der Waals surface area contributed by atoms with E-state index in [1.54, 1.807) is 7.11 Å². The maximum Gasteiger partial charge on any atom is 0.253 e. The first-order chi connectivity index (χ1) is 9.79. The Bertz CT molecular complexity index is 504. The summed E-state index contributed by atoms with van der Waals surface area (Å²) in [5.74, 6) is -0.0213. The van der Waals surface area contributed by atoms with Gasteiger partial charge in [-0.15, -0.1) is 0 Å². The number of amides is 1. The van der Waals surface area contributed by atoms with E-state index in [0.29, 0.717) is 5.56 Å². The molecule has 5 heteroatoms. The van der Waals surface area contributed by atoms with Gasteiger partial charge in [0.1, 0.15) is 0 Å². The predicted molar refractivity (Wildman–Crippen MR) is 79.3 cm³/mol. The summed E-state index contributed by atoms with van der Waals surface area (Å²) in [6, 6.07) is 5.90. The number of methoxy groups -OCH3 is 1. The van der Waals surface area contributed by atoms with Crippen molar-refractivity contribution in [3.8, 4) is 0 Å². The van der Waals surface area contributed by atoms with Crippen molar-refractivity contribution >= 4 is 17.3 Å². The number of para-hydroxylation sites is 1. The van der Waals surface area contributed by atoms with Crippen molar-refractivity contribution in [2.75, 3.05) is 30.8 Å². The molecule has 108 valence electrons. The Labute approximate surface area is 119 Å². The van der Waals surface area contributed by atoms with E-state index in [2.05, 4.69) is 16.0 Å². The van der Waals surface area contributed by atoms with Crippen molar-refractivity contribution in [1.29, 1.82) is 0 Å². The molecule has 2 unspecified atom stereocenters. The predicted octanol–water partition coefficient (Wildman–Crippen LogP) is 1.82. The lowest BCUT2D eigenvalue weighted by Crippen LogP contribution is -2.41. The number of hydrogen-bond donors (Lipinski definition) is 3. The van der Waals surface area contributed by atoms with Crippen LogP contribution in [0.25, 0.3) is 0 Å². The molecule has 5 nitrogen and oxygen atoms in total. The molecule has 3 N–H and O–H groups in total. The highest BCUT2D eigenvalue weighted by Gasteiger charge is 2.29. The van der Waals surface area contributed by atoms with Crippen LogP contribution in [-0.2, 0) is 4.74 Å². The van der Waals surface area contributed by atoms with Gasteiger partial charge in [0.05, 0.1) is 29.1 Å². The van der Waals surface area contributed by atoms with Gasteiger partial charge in [0, 0.05) is 20.2 Å². The number of rotatable bonds is 3. The summed E-state index contributed by atoms with van der Waals surface area (Å²) in [4.78, 5) is 12.5. The number of ether oxygens (including phenoxy) is 1. The lowest BCUT2D eigenvalue weighted by molar-refractivity contribution is 0.0722. The van der Waals surface area contributed by atoms with Gasteiger partial charge in [-0.2, -0.15) is 0 Å². The largest absolute Gasteiger partial charge is 0.382 e. The van der Waals surface area contributed by atoms with Gasteiger partial charge in [-0.1, -0.05) is 6.07 Å². The van der Waals surface area contributed by atoms with E-state index in [1.807, 2.05) is 18.2 Å². The lowest BCUT2D eigenvalue weighted by Gasteiger charge is -2.24. The molecule has 0 aromatic heterocycles. The van der Waals surface area contributed by atoms with Gasteiger partial charge in [-0.25, -0.2) is 0 Å². The minimum Gasteiger partial charge on any atom is -0.382 e. The molecular formula is C15H21N3O2. The first-order valence-electron chi connectivity index (χ1n) is 7.24. The number of anilines is 2. The molecule has 1 aromatic carbocycles. The molecule has 0 spiro atoms. The summed E-state index contributed by atoms with van der Waals surface area (Å²) < 4.78 is 5.43. The smallest absolute Gasteiger partial charge is 0.253 e. The van der Waals surface area contributed by atoms with Gasteiger partial charge < -0.3 is 20.7 Å². The number of carbonyl (C=O) groups excluding carboxylic acids is 1. The first-order valence-corrected chi connectivity index (χ1v) is 7.24. The van der Waals surface area contributed by atoms with Crippen LogP contribution < -0.4 is 16.0 Å². The molecule has 1 aliphatic carbocycles. The van der Waals surface area contributed by atoms with Crippen molar-refractivity contribution in [1.82, 2.24) is 5.32 Å². The van der Waals surface area contributed by atoms with Crippen molar-refractivity contribution < 1.29 is 9.53 Å². The van der Waals surface area contributed by atoms with Crippen LogP contribution in [0.2, 0.25) is 0 Å². The van der Waals surface area contributed by atoms with E-state index < -0.39 is 0 Å². The number of hydrogen-bond acceptors (Lipinski definition) is 4. The normalized spacial score (nSPS) is 24.4. The number of carbonyl (C=O) groups is 1. The Hall–Kier alpha value is -1.75. The third-order valence-electron chi connectivity index (χ3n) is 4.12. The Morgan fingerprint density at radius 2 is 2.15 bits per heavy atom. The van der Waals surface area contributed by atoms with E-state index in [9.17, 15) is 4.79 Å². The Morgan fingerprint density at radius 3 is 3.00 bits per heavy atom. The van der Waals surface area contributed by atoms with Crippen LogP contribution in [0.3, 0.4) is 0 Å². The molecule has 0 bridgehead atoms. The fraction of sp³-hybridized carbons (Fsp3) is 0.533. The molecule has 1 amide bonds. The van der Waals surface area contributed by atoms with Crippen molar-refractivity contribution in [3.05, 3.63) is 23.8 Å². The Kier molecular flexibility index (Phi) is 3.78. The van der Waals surface area contributed by atoms with E-state index in [1.165, 1.54) is 0 Å². The quantitative estimate of drug-likeness (QED) is 0.787. The minimum atomic E-state index is -0.0213. The zero-order valence-corrected chi connectivity index (χ0v) is 11.7. The highest BCUT2D eigenvalue weighted by molar-refractivity contribution is 6.03. The summed E-state index contributed by atoms with van der Waals surface area (Å²) >= 11 is 0. The van der Waals surface area contributed by atoms with Gasteiger partial charge in [-0.3, -0.25) is 4.79 Å². The van der Waals surface area contributed by atoms with Crippen LogP contribution in [0.5, 0.6) is 0 Å². The lowest BCUT2D eigenvalue weighted by atomic mass is 10.1. The molecule has 1 aliphatic heterocycles. The molecule has 2 aliphatic rings. The minimum absolute atomic E-state index is 0.0213. The summed E-state index contributed by atoms with van der Waals surface area (Å²) in [5.41, 5.74) is 2.61. The number of benzene rings is 1. The van der Waals surface area contributed by atoms with Crippen LogP contribution in [0.15, 0.2) is 18.2 Å². The summed E-state index contributed by atoms with van der Waals surface area (Å²) in [6.45, 7) is 1.72. The summed E-state index contributed by atoms with van der Waals surface area (Å²) in [7, 11) is 1.71. The van der Waals surface area contributed by atoms with Gasteiger partial charge in [-0.05, 0) is 31.4 Å². The Balaban J connectivity index is 1.77. The van der Waals surface area contributed by atoms with Gasteiger partial charge in [0.15, 0.2) is 0 Å². The highest BCUT2D eigenvalue weighted by Crippen LogP contribution is 2.29. The van der Waals surface area contributed by atoms with Crippen LogP contribution in [0, 0.1) is 0 Å². The molecule has 3 rings (SSSR count). The van der Waals surface area contributed by atoms with Crippen LogP contribution in [-0.4, -0.2) is 38.3 Å². The van der Waals surface area contributed by atoms with E-state index in [0.717, 1.165) is 43.7 Å². The molecule has 1 saturated carbocycles. The first kappa shape index (κ1) is 13.2. The van der Waals surface area contributed by atoms with Gasteiger partial charge >= 0.3 is 0 Å². The van der Waals surface area contributed by atoms with E-state index in [4.69, 9.17) is 4.74 Å². The van der Waals surface area contributed by atoms with Crippen LogP contribution >= 0.6 is 0 Å². The van der Waals surface area contributed by atoms with Gasteiger partial charge in [0.2, 0.25) is 0 Å². The second-order valence-corrected chi connectivity index (χ2v) is 5.37. The second kappa shape index (κ2) is 5.71. The second-order valence-electron chi connectivity index (χ2n) is 5.37. The third kappa shape index (κ3) is 2.45. The van der Waals surface area contributed by atoms with Crippen molar-refractivity contribution in [2.45, 2.75) is 31.4 Å². The molecule has 1 heterocycles. The highest BCUT2D eigenvalue weighted by atomic mass is 16.5. The SMILES string of the molecule is COC1CCCC1NC(=O)c1cccc2c1NCCN2. The zero-order valence-electron chi connectivity index (χ0n) is 11.7. The molecule has 0 saturated heterocycles. The molecule has 20 heavy (non-hydrogen) atoms. The molecular weight excluding hydrogens is 254 g/mol. The maximum atomic E-state index is 12.5. The molecule has 2 atom stereocenters. The third-order valence-corrected chi connectivity index (χ3v) is 4.12. The average molecular weight is 275 g/mol. The van der Waals surface area contributed by atoms with E-state index >= 15 is 0 Å². The summed E-state index contributed by atoms with van der Waals surface area (Å²) in [5, 5.41) is 9.73. The fourth-order valence-corrected chi connectivity index (χ4v) is 3.08. The van der Waals surface area contributed by atoms with E-state index in [-0.39, 0.29) is 18.1 Å². The molecule has 0 radical (unpaired) electrons. The standard InChI is InChI=1S/C15H21N3O2/c1-20-13-7-3-5-11(13)18-15(19)10-4-2-6-12-14(10)17-9-8-16-12/h2,4,6,11,13,16-17H,3,5,7-9H2,1H3,(H,18,19). The average Bonchev–Trinajstić information content (AvgIpc) is 2.93. The fourth-order valence-electron chi connectivity index (χ4n) is 3.08. The molecule has 1 fully saturated rings. The summed E-state index contributed by atoms with van der Waals surface area (Å²) in [6.07, 6.45) is 3.26. The van der Waals surface area contributed by atoms with Crippen molar-refractivity contribution in [3.63, 3.8) is 0 Å². The number of fused-ring (bicyclic) bond motifs is 1. The van der Waals surface area contributed by atoms with Crippen LogP contribution in [0.4, 0.5) is 11.4 Å². The topological polar surface area (TPSA) is 62.4 Å². The zero-order chi connectivity index (χ0) is 13.9. The maximum absolute atomic E-state index is 12.5. The van der Waals surface area contributed by atoms with Crippen LogP contribution in [0.1, 0.15) is 29.6 Å². The Morgan fingerprint density at radius 1 is 1.30 bits per heavy atom. The number of nitrogens with one attached hydrogen (secondary N) is 3. The molecule has 1 aromatic rings. The van der Waals surface area contributed by atoms with Crippen molar-refractivity contribution in [2.24, 2.45) is 0 Å².